The topological polar surface area (TPSA) is 20.2 Å². The molecule has 0 bridgehead atoms. The number of rotatable bonds is 8. The van der Waals surface area contributed by atoms with E-state index in [1.54, 1.807) is 0 Å². The Morgan fingerprint density at radius 2 is 1.65 bits per heavy atom. The highest BCUT2D eigenvalue weighted by Gasteiger charge is 2.02. The molecule has 0 amide bonds. The van der Waals surface area contributed by atoms with Crippen molar-refractivity contribution in [3.05, 3.63) is 35.4 Å². The van der Waals surface area contributed by atoms with Gasteiger partial charge in [0.05, 0.1) is 6.10 Å². The lowest BCUT2D eigenvalue weighted by Gasteiger charge is -2.09. The summed E-state index contributed by atoms with van der Waals surface area (Å²) in [5, 5.41) is 9.71. The van der Waals surface area contributed by atoms with E-state index in [-0.39, 0.29) is 6.10 Å². The lowest BCUT2D eigenvalue weighted by molar-refractivity contribution is 0.148. The fourth-order valence-electron chi connectivity index (χ4n) is 2.05. The predicted octanol–water partition coefficient (Wildman–Crippen LogP) is 4.26. The molecular formula is C16H26O. The molecule has 17 heavy (non-hydrogen) atoms. The predicted molar refractivity (Wildman–Crippen MR) is 74.3 cm³/mol. The molecule has 0 saturated carbocycles. The van der Waals surface area contributed by atoms with E-state index in [0.717, 1.165) is 32.1 Å². The molecule has 0 aliphatic heterocycles. The van der Waals surface area contributed by atoms with Crippen LogP contribution >= 0.6 is 0 Å². The standard InChI is InChI=1S/C16H26O/c1-3-4-8-16(17)9-6-5-7-15-12-10-14(2)11-13-15/h10-13,16-17H,3-9H2,1-2H3. The van der Waals surface area contributed by atoms with Gasteiger partial charge < -0.3 is 5.11 Å². The number of aliphatic hydroxyl groups is 1. The van der Waals surface area contributed by atoms with E-state index in [9.17, 15) is 5.11 Å². The van der Waals surface area contributed by atoms with Gasteiger partial charge in [-0.2, -0.15) is 0 Å². The minimum Gasteiger partial charge on any atom is -0.393 e. The molecule has 0 fully saturated rings. The number of unbranched alkanes of at least 4 members (excludes halogenated alkanes) is 2. The molecule has 0 radical (unpaired) electrons. The van der Waals surface area contributed by atoms with Crippen molar-refractivity contribution < 1.29 is 5.11 Å². The molecule has 96 valence electrons. The Bertz CT molecular complexity index is 289. The smallest absolute Gasteiger partial charge is 0.0540 e. The molecule has 1 rings (SSSR count). The molecule has 1 heteroatoms. The average Bonchev–Trinajstić information content (AvgIpc) is 2.34. The second-order valence-corrected chi connectivity index (χ2v) is 5.03. The lowest BCUT2D eigenvalue weighted by Crippen LogP contribution is -2.05. The minimum absolute atomic E-state index is 0.0760. The molecule has 1 unspecified atom stereocenters. The molecular weight excluding hydrogens is 208 g/mol. The highest BCUT2D eigenvalue weighted by Crippen LogP contribution is 2.12. The SMILES string of the molecule is CCCCC(O)CCCCc1ccc(C)cc1. The molecule has 1 aromatic rings. The van der Waals surface area contributed by atoms with Crippen molar-refractivity contribution in [1.82, 2.24) is 0 Å². The number of aliphatic hydroxyl groups excluding tert-OH is 1. The van der Waals surface area contributed by atoms with Crippen LogP contribution in [0.25, 0.3) is 0 Å². The molecule has 0 heterocycles. The normalized spacial score (nSPS) is 12.6. The number of benzene rings is 1. The quantitative estimate of drug-likeness (QED) is 0.666. The van der Waals surface area contributed by atoms with Crippen LogP contribution in [0.3, 0.4) is 0 Å². The van der Waals surface area contributed by atoms with E-state index in [2.05, 4.69) is 38.1 Å². The van der Waals surface area contributed by atoms with Gasteiger partial charge in [0.1, 0.15) is 0 Å². The van der Waals surface area contributed by atoms with Gasteiger partial charge in [0.15, 0.2) is 0 Å². The van der Waals surface area contributed by atoms with Crippen LogP contribution in [0, 0.1) is 6.92 Å². The first-order chi connectivity index (χ1) is 8.22. The van der Waals surface area contributed by atoms with Crippen LogP contribution in [0.5, 0.6) is 0 Å². The van der Waals surface area contributed by atoms with Crippen LogP contribution in [0.2, 0.25) is 0 Å². The van der Waals surface area contributed by atoms with Crippen molar-refractivity contribution >= 4 is 0 Å². The lowest BCUT2D eigenvalue weighted by atomic mass is 10.0. The summed E-state index contributed by atoms with van der Waals surface area (Å²) >= 11 is 0. The second-order valence-electron chi connectivity index (χ2n) is 5.03. The zero-order chi connectivity index (χ0) is 12.5. The summed E-state index contributed by atoms with van der Waals surface area (Å²) in [4.78, 5) is 0. The molecule has 0 aromatic heterocycles. The van der Waals surface area contributed by atoms with Gasteiger partial charge in [-0.25, -0.2) is 0 Å². The number of hydrogen-bond donors (Lipinski definition) is 1. The number of aryl methyl sites for hydroxylation is 2. The molecule has 0 spiro atoms. The van der Waals surface area contributed by atoms with Gasteiger partial charge >= 0.3 is 0 Å². The highest BCUT2D eigenvalue weighted by atomic mass is 16.3. The van der Waals surface area contributed by atoms with Gasteiger partial charge in [0, 0.05) is 0 Å². The molecule has 0 saturated heterocycles. The summed E-state index contributed by atoms with van der Waals surface area (Å²) < 4.78 is 0. The summed E-state index contributed by atoms with van der Waals surface area (Å²) in [6.45, 7) is 4.29. The van der Waals surface area contributed by atoms with Crippen molar-refractivity contribution in [2.24, 2.45) is 0 Å². The van der Waals surface area contributed by atoms with Gasteiger partial charge in [0.25, 0.3) is 0 Å². The zero-order valence-corrected chi connectivity index (χ0v) is 11.3. The highest BCUT2D eigenvalue weighted by molar-refractivity contribution is 5.21. The van der Waals surface area contributed by atoms with Crippen LogP contribution in [0.4, 0.5) is 0 Å². The molecule has 0 aliphatic carbocycles. The van der Waals surface area contributed by atoms with Crippen LogP contribution in [-0.4, -0.2) is 11.2 Å². The van der Waals surface area contributed by atoms with Gasteiger partial charge in [0.2, 0.25) is 0 Å². The Kier molecular flexibility index (Phi) is 6.95. The average molecular weight is 234 g/mol. The van der Waals surface area contributed by atoms with E-state index >= 15 is 0 Å². The Balaban J connectivity index is 2.09. The first kappa shape index (κ1) is 14.2. The van der Waals surface area contributed by atoms with Crippen LogP contribution < -0.4 is 0 Å². The summed E-state index contributed by atoms with van der Waals surface area (Å²) in [6.07, 6.45) is 7.66. The first-order valence-corrected chi connectivity index (χ1v) is 6.96. The third kappa shape index (κ3) is 6.48. The molecule has 1 N–H and O–H groups in total. The van der Waals surface area contributed by atoms with Gasteiger partial charge in [-0.15, -0.1) is 0 Å². The summed E-state index contributed by atoms with van der Waals surface area (Å²) in [7, 11) is 0. The number of hydrogen-bond acceptors (Lipinski definition) is 1. The summed E-state index contributed by atoms with van der Waals surface area (Å²) in [5.74, 6) is 0. The third-order valence-corrected chi connectivity index (χ3v) is 3.26. The monoisotopic (exact) mass is 234 g/mol. The van der Waals surface area contributed by atoms with E-state index < -0.39 is 0 Å². The van der Waals surface area contributed by atoms with Crippen molar-refractivity contribution in [3.63, 3.8) is 0 Å². The van der Waals surface area contributed by atoms with Crippen LogP contribution in [-0.2, 0) is 6.42 Å². The van der Waals surface area contributed by atoms with Crippen molar-refractivity contribution in [3.8, 4) is 0 Å². The molecule has 0 aliphatic rings. The van der Waals surface area contributed by atoms with E-state index in [0.29, 0.717) is 0 Å². The Morgan fingerprint density at radius 3 is 2.29 bits per heavy atom. The Morgan fingerprint density at radius 1 is 1.00 bits per heavy atom. The van der Waals surface area contributed by atoms with Crippen molar-refractivity contribution in [1.29, 1.82) is 0 Å². The van der Waals surface area contributed by atoms with Crippen LogP contribution in [0.15, 0.2) is 24.3 Å². The maximum absolute atomic E-state index is 9.71. The van der Waals surface area contributed by atoms with E-state index in [4.69, 9.17) is 0 Å². The minimum atomic E-state index is -0.0760. The first-order valence-electron chi connectivity index (χ1n) is 6.96. The maximum Gasteiger partial charge on any atom is 0.0540 e. The van der Waals surface area contributed by atoms with Crippen molar-refractivity contribution in [2.45, 2.75) is 64.9 Å². The third-order valence-electron chi connectivity index (χ3n) is 3.26. The van der Waals surface area contributed by atoms with E-state index in [1.165, 1.54) is 24.0 Å². The molecule has 1 atom stereocenters. The Labute approximate surface area is 106 Å². The van der Waals surface area contributed by atoms with Crippen molar-refractivity contribution in [2.75, 3.05) is 0 Å². The van der Waals surface area contributed by atoms with Gasteiger partial charge in [-0.05, 0) is 38.2 Å². The van der Waals surface area contributed by atoms with Gasteiger partial charge in [-0.1, -0.05) is 56.0 Å². The fourth-order valence-corrected chi connectivity index (χ4v) is 2.05. The zero-order valence-electron chi connectivity index (χ0n) is 11.3. The second kappa shape index (κ2) is 8.30. The fraction of sp³-hybridized carbons (Fsp3) is 0.625. The van der Waals surface area contributed by atoms with Crippen LogP contribution in [0.1, 0.15) is 56.6 Å². The molecule has 1 aromatic carbocycles. The van der Waals surface area contributed by atoms with E-state index in [1.807, 2.05) is 0 Å². The van der Waals surface area contributed by atoms with Gasteiger partial charge in [-0.3, -0.25) is 0 Å². The maximum atomic E-state index is 9.71. The summed E-state index contributed by atoms with van der Waals surface area (Å²) in [6, 6.07) is 8.77. The Hall–Kier alpha value is -0.820. The molecule has 1 nitrogen and oxygen atoms in total. The summed E-state index contributed by atoms with van der Waals surface area (Å²) in [5.41, 5.74) is 2.74. The largest absolute Gasteiger partial charge is 0.393 e.